The van der Waals surface area contributed by atoms with Crippen LogP contribution in [-0.4, -0.2) is 41.5 Å². The van der Waals surface area contributed by atoms with Gasteiger partial charge in [0.25, 0.3) is 0 Å². The lowest BCUT2D eigenvalue weighted by Crippen LogP contribution is -2.44. The smallest absolute Gasteiger partial charge is 0.317 e. The van der Waals surface area contributed by atoms with Crippen LogP contribution in [0.1, 0.15) is 50.1 Å². The molecule has 0 radical (unpaired) electrons. The van der Waals surface area contributed by atoms with E-state index in [0.29, 0.717) is 24.3 Å². The quantitative estimate of drug-likeness (QED) is 0.437. The van der Waals surface area contributed by atoms with Gasteiger partial charge in [0.15, 0.2) is 0 Å². The predicted molar refractivity (Wildman–Crippen MR) is 139 cm³/mol. The highest BCUT2D eigenvalue weighted by Crippen LogP contribution is 2.21. The number of imidazole rings is 1. The zero-order chi connectivity index (χ0) is 25.6. The molecule has 35 heavy (non-hydrogen) atoms. The van der Waals surface area contributed by atoms with E-state index in [0.717, 1.165) is 11.1 Å². The third kappa shape index (κ3) is 7.42. The van der Waals surface area contributed by atoms with Gasteiger partial charge in [-0.3, -0.25) is 0 Å². The summed E-state index contributed by atoms with van der Waals surface area (Å²) in [6.45, 7) is 11.1. The van der Waals surface area contributed by atoms with E-state index in [-0.39, 0.29) is 35.4 Å². The molecule has 0 spiro atoms. The Morgan fingerprint density at radius 2 is 1.66 bits per heavy atom. The molecule has 0 saturated carbocycles. The van der Waals surface area contributed by atoms with Crippen molar-refractivity contribution in [3.8, 4) is 0 Å². The van der Waals surface area contributed by atoms with Crippen LogP contribution in [0.2, 0.25) is 0 Å². The summed E-state index contributed by atoms with van der Waals surface area (Å²) in [4.78, 5) is 19.0. The molecule has 0 unspecified atom stereocenters. The summed E-state index contributed by atoms with van der Waals surface area (Å²) in [5.74, 6) is 0.116. The Balaban J connectivity index is 1.99. The number of aromatic nitrogens is 2. The van der Waals surface area contributed by atoms with Crippen LogP contribution < -0.4 is 5.32 Å². The lowest BCUT2D eigenvalue weighted by atomic mass is 10.2. The summed E-state index contributed by atoms with van der Waals surface area (Å²) in [5.41, 5.74) is 3.42. The van der Waals surface area contributed by atoms with Crippen LogP contribution in [0.3, 0.4) is 0 Å². The molecule has 0 aliphatic heterocycles. The molecule has 3 rings (SSSR count). The first kappa shape index (κ1) is 26.5. The minimum absolute atomic E-state index is 0.00293. The molecule has 1 N–H and O–H groups in total. The first-order valence-corrected chi connectivity index (χ1v) is 13.6. The average Bonchev–Trinajstić information content (AvgIpc) is 3.18. The molecular weight excluding hydrogens is 460 g/mol. The second-order valence-corrected chi connectivity index (χ2v) is 11.6. The predicted octanol–water partition coefficient (Wildman–Crippen LogP) is 4.79. The van der Waals surface area contributed by atoms with Crippen LogP contribution in [0.4, 0.5) is 4.79 Å². The normalized spacial score (nSPS) is 11.7. The number of hydrogen-bond donors (Lipinski definition) is 1. The molecular formula is C27H36N4O3S. The van der Waals surface area contributed by atoms with Crippen molar-refractivity contribution in [2.24, 2.45) is 5.92 Å². The summed E-state index contributed by atoms with van der Waals surface area (Å²) >= 11 is 0. The van der Waals surface area contributed by atoms with Gasteiger partial charge in [-0.25, -0.2) is 18.2 Å². The first-order valence-electron chi connectivity index (χ1n) is 12.0. The number of urea groups is 1. The molecule has 0 aliphatic rings. The Morgan fingerprint density at radius 1 is 1.00 bits per heavy atom. The van der Waals surface area contributed by atoms with Gasteiger partial charge in [-0.15, -0.1) is 0 Å². The van der Waals surface area contributed by atoms with Crippen molar-refractivity contribution in [3.05, 3.63) is 83.2 Å². The van der Waals surface area contributed by atoms with E-state index in [4.69, 9.17) is 0 Å². The Morgan fingerprint density at radius 3 is 2.26 bits per heavy atom. The maximum Gasteiger partial charge on any atom is 0.317 e. The lowest BCUT2D eigenvalue weighted by molar-refractivity contribution is 0.183. The molecule has 0 bridgehead atoms. The first-order chi connectivity index (χ1) is 16.5. The second-order valence-electron chi connectivity index (χ2n) is 9.73. The number of carbonyl (C=O) groups is 1. The van der Waals surface area contributed by atoms with E-state index in [1.807, 2.05) is 89.2 Å². The number of nitrogens with one attached hydrogen (secondary N) is 1. The van der Waals surface area contributed by atoms with Gasteiger partial charge in [-0.2, -0.15) is 0 Å². The molecule has 7 nitrogen and oxygen atoms in total. The summed E-state index contributed by atoms with van der Waals surface area (Å²) in [6.07, 6.45) is 1.58. The van der Waals surface area contributed by atoms with E-state index < -0.39 is 9.84 Å². The van der Waals surface area contributed by atoms with E-state index in [9.17, 15) is 13.2 Å². The standard InChI is InChI=1S/C27H36N4O3S/c1-20(2)16-30(26(32)29-21(3)4)18-25-15-28-27(31(25)17-23-9-7-6-8-10-23)35(33,34)19-24-13-11-22(5)12-14-24/h6-15,20-21H,16-19H2,1-5H3,(H,29,32). The maximum absolute atomic E-state index is 13.5. The number of aryl methyl sites for hydroxylation is 1. The molecule has 2 aromatic carbocycles. The van der Waals surface area contributed by atoms with Crippen LogP contribution >= 0.6 is 0 Å². The molecule has 0 atom stereocenters. The second kappa shape index (κ2) is 11.5. The summed E-state index contributed by atoms with van der Waals surface area (Å²) in [6, 6.07) is 17.0. The monoisotopic (exact) mass is 496 g/mol. The largest absolute Gasteiger partial charge is 0.336 e. The number of sulfone groups is 1. The Hall–Kier alpha value is -3.13. The minimum atomic E-state index is -3.72. The van der Waals surface area contributed by atoms with Crippen molar-refractivity contribution in [1.29, 1.82) is 0 Å². The summed E-state index contributed by atoms with van der Waals surface area (Å²) in [7, 11) is -3.72. The fourth-order valence-electron chi connectivity index (χ4n) is 3.86. The van der Waals surface area contributed by atoms with Gasteiger partial charge >= 0.3 is 6.03 Å². The van der Waals surface area contributed by atoms with Gasteiger partial charge < -0.3 is 14.8 Å². The third-order valence-corrected chi connectivity index (χ3v) is 7.07. The molecule has 1 heterocycles. The summed E-state index contributed by atoms with van der Waals surface area (Å²) in [5, 5.41) is 2.97. The SMILES string of the molecule is Cc1ccc(CS(=O)(=O)c2ncc(CN(CC(C)C)C(=O)NC(C)C)n2Cc2ccccc2)cc1. The number of amides is 2. The Labute approximate surface area is 209 Å². The third-order valence-electron chi connectivity index (χ3n) is 5.48. The fraction of sp³-hybridized carbons (Fsp3) is 0.407. The Kier molecular flexibility index (Phi) is 8.72. The topological polar surface area (TPSA) is 84.3 Å². The van der Waals surface area contributed by atoms with Crippen LogP contribution in [0.15, 0.2) is 66.0 Å². The van der Waals surface area contributed by atoms with Crippen molar-refractivity contribution in [1.82, 2.24) is 19.8 Å². The van der Waals surface area contributed by atoms with Crippen molar-refractivity contribution in [2.45, 2.75) is 64.7 Å². The Bertz CT molecular complexity index is 1220. The van der Waals surface area contributed by atoms with E-state index in [1.54, 1.807) is 15.7 Å². The zero-order valence-corrected chi connectivity index (χ0v) is 22.0. The molecule has 0 aliphatic carbocycles. The lowest BCUT2D eigenvalue weighted by Gasteiger charge is -2.26. The highest BCUT2D eigenvalue weighted by molar-refractivity contribution is 7.90. The molecule has 8 heteroatoms. The van der Waals surface area contributed by atoms with Crippen molar-refractivity contribution < 1.29 is 13.2 Å². The van der Waals surface area contributed by atoms with E-state index in [2.05, 4.69) is 10.3 Å². The molecule has 1 aromatic heterocycles. The highest BCUT2D eigenvalue weighted by atomic mass is 32.2. The average molecular weight is 497 g/mol. The molecule has 2 amide bonds. The summed E-state index contributed by atoms with van der Waals surface area (Å²) < 4.78 is 28.7. The van der Waals surface area contributed by atoms with Gasteiger partial charge in [0, 0.05) is 12.6 Å². The van der Waals surface area contributed by atoms with E-state index in [1.165, 1.54) is 0 Å². The number of carbonyl (C=O) groups excluding carboxylic acids is 1. The van der Waals surface area contributed by atoms with Crippen molar-refractivity contribution in [3.63, 3.8) is 0 Å². The molecule has 0 saturated heterocycles. The number of rotatable bonds is 10. The molecule has 188 valence electrons. The number of benzene rings is 2. The zero-order valence-electron chi connectivity index (χ0n) is 21.2. The van der Waals surface area contributed by atoms with Crippen LogP contribution in [-0.2, 0) is 28.7 Å². The molecule has 3 aromatic rings. The van der Waals surface area contributed by atoms with Gasteiger partial charge in [0.2, 0.25) is 15.0 Å². The van der Waals surface area contributed by atoms with Crippen LogP contribution in [0, 0.1) is 12.8 Å². The fourth-order valence-corrected chi connectivity index (χ4v) is 5.35. The van der Waals surface area contributed by atoms with Crippen LogP contribution in [0.25, 0.3) is 0 Å². The minimum Gasteiger partial charge on any atom is -0.336 e. The maximum atomic E-state index is 13.5. The van der Waals surface area contributed by atoms with Crippen molar-refractivity contribution in [2.75, 3.05) is 6.54 Å². The van der Waals surface area contributed by atoms with Gasteiger partial charge in [0.05, 0.1) is 30.7 Å². The van der Waals surface area contributed by atoms with Gasteiger partial charge in [-0.1, -0.05) is 74.0 Å². The highest BCUT2D eigenvalue weighted by Gasteiger charge is 2.26. The van der Waals surface area contributed by atoms with Gasteiger partial charge in [0.1, 0.15) is 0 Å². The van der Waals surface area contributed by atoms with Crippen molar-refractivity contribution >= 4 is 15.9 Å². The number of hydrogen-bond acceptors (Lipinski definition) is 4. The molecule has 0 fully saturated rings. The number of nitrogens with zero attached hydrogens (tertiary/aromatic N) is 3. The van der Waals surface area contributed by atoms with Gasteiger partial charge in [-0.05, 0) is 37.8 Å². The van der Waals surface area contributed by atoms with Crippen LogP contribution in [0.5, 0.6) is 0 Å². The van der Waals surface area contributed by atoms with E-state index >= 15 is 0 Å².